The van der Waals surface area contributed by atoms with Crippen LogP contribution in [0.5, 0.6) is 0 Å². The number of amides is 2. The highest BCUT2D eigenvalue weighted by atomic mass is 32.2. The maximum atomic E-state index is 12.3. The monoisotopic (exact) mass is 398 g/mol. The Morgan fingerprint density at radius 1 is 1.33 bits per heavy atom. The number of nitrogens with zero attached hydrogens (tertiary/aromatic N) is 3. The van der Waals surface area contributed by atoms with Crippen LogP contribution in [0, 0.1) is 12.8 Å². The molecule has 27 heavy (non-hydrogen) atoms. The smallest absolute Gasteiger partial charge is 0.226 e. The van der Waals surface area contributed by atoms with E-state index in [1.54, 1.807) is 12.3 Å². The van der Waals surface area contributed by atoms with Gasteiger partial charge in [-0.05, 0) is 24.6 Å². The standard InChI is InChI=1S/C17H26N4O5S/c1-12-6-7-18-15(8-12)19-16(23)4-5-17(24)21-9-13(14(22)10-21)11-27(25,26)20(2)3/h6-8,13-14,22H,4-5,9-11H2,1-3H3,(H,18,19,23)/t13-,14+/m0/s1. The number of carbonyl (C=O) groups is 2. The van der Waals surface area contributed by atoms with E-state index < -0.39 is 22.0 Å². The number of rotatable bonds is 7. The van der Waals surface area contributed by atoms with Crippen molar-refractivity contribution in [3.8, 4) is 0 Å². The highest BCUT2D eigenvalue weighted by Crippen LogP contribution is 2.21. The number of aromatic nitrogens is 1. The Hall–Kier alpha value is -2.04. The van der Waals surface area contributed by atoms with Gasteiger partial charge in [-0.3, -0.25) is 9.59 Å². The summed E-state index contributed by atoms with van der Waals surface area (Å²) in [6.07, 6.45) is 0.664. The number of nitrogens with one attached hydrogen (secondary N) is 1. The Balaban J connectivity index is 1.83. The quantitative estimate of drug-likeness (QED) is 0.657. The first kappa shape index (κ1) is 21.3. The number of pyridine rings is 1. The zero-order valence-corrected chi connectivity index (χ0v) is 16.6. The summed E-state index contributed by atoms with van der Waals surface area (Å²) in [4.78, 5) is 29.7. The number of anilines is 1. The molecule has 10 heteroatoms. The Morgan fingerprint density at radius 2 is 2.04 bits per heavy atom. The van der Waals surface area contributed by atoms with Crippen molar-refractivity contribution in [2.75, 3.05) is 38.3 Å². The lowest BCUT2D eigenvalue weighted by atomic mass is 10.1. The normalized spacial score (nSPS) is 20.1. The summed E-state index contributed by atoms with van der Waals surface area (Å²) in [7, 11) is -0.600. The fraction of sp³-hybridized carbons (Fsp3) is 0.588. The van der Waals surface area contributed by atoms with E-state index in [1.807, 2.05) is 13.0 Å². The molecule has 0 aliphatic carbocycles. The van der Waals surface area contributed by atoms with E-state index in [0.29, 0.717) is 5.82 Å². The van der Waals surface area contributed by atoms with Crippen LogP contribution in [-0.4, -0.2) is 78.6 Å². The molecular weight excluding hydrogens is 372 g/mol. The third kappa shape index (κ3) is 5.98. The molecule has 1 aliphatic rings. The summed E-state index contributed by atoms with van der Waals surface area (Å²) >= 11 is 0. The molecule has 0 unspecified atom stereocenters. The summed E-state index contributed by atoms with van der Waals surface area (Å²) in [5.74, 6) is -0.937. The van der Waals surface area contributed by atoms with Crippen LogP contribution in [0.4, 0.5) is 5.82 Å². The summed E-state index contributed by atoms with van der Waals surface area (Å²) in [6.45, 7) is 2.12. The summed E-state index contributed by atoms with van der Waals surface area (Å²) < 4.78 is 25.1. The number of hydrogen-bond donors (Lipinski definition) is 2. The molecule has 1 aromatic heterocycles. The van der Waals surface area contributed by atoms with Crippen LogP contribution >= 0.6 is 0 Å². The van der Waals surface area contributed by atoms with Crippen LogP contribution in [0.1, 0.15) is 18.4 Å². The second-order valence-corrected chi connectivity index (χ2v) is 9.18. The van der Waals surface area contributed by atoms with Gasteiger partial charge in [0.1, 0.15) is 5.82 Å². The molecule has 0 radical (unpaired) electrons. The van der Waals surface area contributed by atoms with Crippen LogP contribution in [0.15, 0.2) is 18.3 Å². The van der Waals surface area contributed by atoms with Gasteiger partial charge in [0.05, 0.1) is 11.9 Å². The van der Waals surface area contributed by atoms with Crippen molar-refractivity contribution in [2.45, 2.75) is 25.9 Å². The number of carbonyl (C=O) groups excluding carboxylic acids is 2. The van der Waals surface area contributed by atoms with Gasteiger partial charge in [0.15, 0.2) is 0 Å². The summed E-state index contributed by atoms with van der Waals surface area (Å²) in [5.41, 5.74) is 0.959. The van der Waals surface area contributed by atoms with Crippen molar-refractivity contribution >= 4 is 27.7 Å². The molecule has 2 N–H and O–H groups in total. The van der Waals surface area contributed by atoms with E-state index in [2.05, 4.69) is 10.3 Å². The molecule has 2 amide bonds. The van der Waals surface area contributed by atoms with Gasteiger partial charge in [-0.25, -0.2) is 17.7 Å². The van der Waals surface area contributed by atoms with Gasteiger partial charge in [-0.2, -0.15) is 0 Å². The van der Waals surface area contributed by atoms with Crippen molar-refractivity contribution in [3.63, 3.8) is 0 Å². The number of aryl methyl sites for hydroxylation is 1. The van der Waals surface area contributed by atoms with E-state index in [9.17, 15) is 23.1 Å². The van der Waals surface area contributed by atoms with Gasteiger partial charge < -0.3 is 15.3 Å². The highest BCUT2D eigenvalue weighted by molar-refractivity contribution is 7.89. The van der Waals surface area contributed by atoms with Gasteiger partial charge >= 0.3 is 0 Å². The van der Waals surface area contributed by atoms with Crippen molar-refractivity contribution in [3.05, 3.63) is 23.9 Å². The maximum absolute atomic E-state index is 12.3. The molecule has 2 rings (SSSR count). The molecule has 150 valence electrons. The van der Waals surface area contributed by atoms with Crippen LogP contribution in [0.3, 0.4) is 0 Å². The summed E-state index contributed by atoms with van der Waals surface area (Å²) in [5, 5.41) is 12.7. The fourth-order valence-electron chi connectivity index (χ4n) is 2.83. The minimum atomic E-state index is -3.46. The second-order valence-electron chi connectivity index (χ2n) is 6.95. The molecule has 1 fully saturated rings. The zero-order valence-electron chi connectivity index (χ0n) is 15.8. The maximum Gasteiger partial charge on any atom is 0.226 e. The lowest BCUT2D eigenvalue weighted by Gasteiger charge is -2.18. The van der Waals surface area contributed by atoms with E-state index in [1.165, 1.54) is 19.0 Å². The predicted molar refractivity (Wildman–Crippen MR) is 100 cm³/mol. The lowest BCUT2D eigenvalue weighted by molar-refractivity contribution is -0.132. The molecule has 2 heterocycles. The van der Waals surface area contributed by atoms with Crippen molar-refractivity contribution in [1.29, 1.82) is 0 Å². The molecule has 0 bridgehead atoms. The Morgan fingerprint density at radius 3 is 2.67 bits per heavy atom. The van der Waals surface area contributed by atoms with Crippen molar-refractivity contribution in [2.24, 2.45) is 5.92 Å². The number of hydrogen-bond acceptors (Lipinski definition) is 6. The lowest BCUT2D eigenvalue weighted by Crippen LogP contribution is -2.33. The molecule has 1 aromatic rings. The third-order valence-corrected chi connectivity index (χ3v) is 6.45. The Labute approximate surface area is 159 Å². The predicted octanol–water partition coefficient (Wildman–Crippen LogP) is -0.181. The molecule has 0 aromatic carbocycles. The van der Waals surface area contributed by atoms with E-state index in [-0.39, 0.29) is 43.5 Å². The Kier molecular flexibility index (Phi) is 6.90. The van der Waals surface area contributed by atoms with E-state index in [4.69, 9.17) is 0 Å². The van der Waals surface area contributed by atoms with Crippen LogP contribution in [0.25, 0.3) is 0 Å². The van der Waals surface area contributed by atoms with Crippen LogP contribution in [-0.2, 0) is 19.6 Å². The van der Waals surface area contributed by atoms with Gasteiger partial charge in [-0.15, -0.1) is 0 Å². The molecule has 9 nitrogen and oxygen atoms in total. The van der Waals surface area contributed by atoms with Crippen LogP contribution < -0.4 is 5.32 Å². The topological polar surface area (TPSA) is 120 Å². The fourth-order valence-corrected chi connectivity index (χ4v) is 4.00. The minimum Gasteiger partial charge on any atom is -0.391 e. The molecule has 0 spiro atoms. The first-order valence-electron chi connectivity index (χ1n) is 8.67. The number of aliphatic hydroxyl groups excluding tert-OH is 1. The average Bonchev–Trinajstić information content (AvgIpc) is 2.93. The van der Waals surface area contributed by atoms with Gasteiger partial charge in [0, 0.05) is 52.1 Å². The van der Waals surface area contributed by atoms with Crippen LogP contribution in [0.2, 0.25) is 0 Å². The molecule has 0 saturated carbocycles. The van der Waals surface area contributed by atoms with E-state index in [0.717, 1.165) is 9.87 Å². The van der Waals surface area contributed by atoms with E-state index >= 15 is 0 Å². The molecule has 1 aliphatic heterocycles. The molecule has 1 saturated heterocycles. The number of aliphatic hydroxyl groups is 1. The number of sulfonamides is 1. The number of likely N-dealkylation sites (tertiary alicyclic amines) is 1. The second kappa shape index (κ2) is 8.77. The van der Waals surface area contributed by atoms with Crippen molar-refractivity contribution in [1.82, 2.24) is 14.2 Å². The highest BCUT2D eigenvalue weighted by Gasteiger charge is 2.37. The average molecular weight is 398 g/mol. The largest absolute Gasteiger partial charge is 0.391 e. The molecular formula is C17H26N4O5S. The SMILES string of the molecule is Cc1ccnc(NC(=O)CCC(=O)N2C[C@@H](CS(=O)(=O)N(C)C)[C@H](O)C2)c1. The van der Waals surface area contributed by atoms with Gasteiger partial charge in [0.2, 0.25) is 21.8 Å². The number of β-amino-alcohol motifs (C(OH)–C–C–N with tert-alkyl or cyclic N) is 1. The minimum absolute atomic E-state index is 0.0122. The molecule has 2 atom stereocenters. The zero-order chi connectivity index (χ0) is 20.2. The summed E-state index contributed by atoms with van der Waals surface area (Å²) in [6, 6.07) is 3.54. The first-order chi connectivity index (χ1) is 12.6. The van der Waals surface area contributed by atoms with Gasteiger partial charge in [0.25, 0.3) is 0 Å². The first-order valence-corrected chi connectivity index (χ1v) is 10.3. The van der Waals surface area contributed by atoms with Gasteiger partial charge in [-0.1, -0.05) is 0 Å². The third-order valence-electron chi connectivity index (χ3n) is 4.49. The van der Waals surface area contributed by atoms with Crippen molar-refractivity contribution < 1.29 is 23.1 Å². The Bertz CT molecular complexity index is 796.